The molecular formula is C11H17FN2O. The Kier molecular flexibility index (Phi) is 4.52. The number of nitrogens with one attached hydrogen (secondary N) is 1. The number of benzene rings is 1. The molecule has 0 amide bonds. The van der Waals surface area contributed by atoms with Gasteiger partial charge in [0, 0.05) is 30.8 Å². The molecule has 1 aromatic rings. The van der Waals surface area contributed by atoms with Crippen molar-refractivity contribution in [1.82, 2.24) is 5.32 Å². The molecule has 0 heterocycles. The van der Waals surface area contributed by atoms with Crippen LogP contribution in [0.25, 0.3) is 0 Å². The van der Waals surface area contributed by atoms with Gasteiger partial charge in [-0.2, -0.15) is 0 Å². The number of nitrogens with two attached hydrogens (primary N) is 1. The summed E-state index contributed by atoms with van der Waals surface area (Å²) in [7, 11) is 1.52. The molecule has 4 heteroatoms. The second-order valence-electron chi connectivity index (χ2n) is 3.47. The monoisotopic (exact) mass is 212 g/mol. The summed E-state index contributed by atoms with van der Waals surface area (Å²) in [5.74, 6) is 0.272. The summed E-state index contributed by atoms with van der Waals surface area (Å²) < 4.78 is 18.4. The van der Waals surface area contributed by atoms with Crippen LogP contribution < -0.4 is 15.8 Å². The zero-order valence-electron chi connectivity index (χ0n) is 9.09. The highest BCUT2D eigenvalue weighted by Gasteiger charge is 2.05. The zero-order chi connectivity index (χ0) is 11.3. The Morgan fingerprint density at radius 1 is 1.53 bits per heavy atom. The number of hydrogen-bond donors (Lipinski definition) is 2. The van der Waals surface area contributed by atoms with Crippen molar-refractivity contribution >= 4 is 0 Å². The molecule has 1 atom stereocenters. The van der Waals surface area contributed by atoms with Gasteiger partial charge >= 0.3 is 0 Å². The molecule has 15 heavy (non-hydrogen) atoms. The lowest BCUT2D eigenvalue weighted by molar-refractivity contribution is 0.410. The van der Waals surface area contributed by atoms with Gasteiger partial charge < -0.3 is 15.8 Å². The highest BCUT2D eigenvalue weighted by molar-refractivity contribution is 5.28. The van der Waals surface area contributed by atoms with Crippen molar-refractivity contribution in [1.29, 1.82) is 0 Å². The predicted octanol–water partition coefficient (Wildman–Crippen LogP) is 1.27. The highest BCUT2D eigenvalue weighted by Crippen LogP contribution is 2.15. The van der Waals surface area contributed by atoms with Crippen molar-refractivity contribution in [2.75, 3.05) is 13.7 Å². The van der Waals surface area contributed by atoms with Gasteiger partial charge in [-0.25, -0.2) is 4.39 Å². The maximum atomic E-state index is 13.4. The molecular weight excluding hydrogens is 195 g/mol. The van der Waals surface area contributed by atoms with Gasteiger partial charge in [-0.05, 0) is 13.0 Å². The van der Waals surface area contributed by atoms with E-state index in [1.165, 1.54) is 13.2 Å². The molecule has 1 unspecified atom stereocenters. The van der Waals surface area contributed by atoms with Crippen molar-refractivity contribution in [2.45, 2.75) is 19.5 Å². The standard InChI is InChI=1S/C11H17FN2O/c1-8(6-13)14-7-9-3-4-10(15-2)5-11(9)12/h3-5,8,14H,6-7,13H2,1-2H3. The largest absolute Gasteiger partial charge is 0.497 e. The van der Waals surface area contributed by atoms with Crippen LogP contribution >= 0.6 is 0 Å². The van der Waals surface area contributed by atoms with E-state index in [2.05, 4.69) is 5.32 Å². The number of halogens is 1. The number of hydrogen-bond acceptors (Lipinski definition) is 3. The van der Waals surface area contributed by atoms with Gasteiger partial charge in [-0.1, -0.05) is 6.07 Å². The SMILES string of the molecule is COc1ccc(CNC(C)CN)c(F)c1. The Bertz CT molecular complexity index is 317. The van der Waals surface area contributed by atoms with Crippen LogP contribution in [0.5, 0.6) is 5.75 Å². The van der Waals surface area contributed by atoms with E-state index in [1.54, 1.807) is 12.1 Å². The molecule has 0 aliphatic heterocycles. The first-order chi connectivity index (χ1) is 7.17. The fraction of sp³-hybridized carbons (Fsp3) is 0.455. The van der Waals surface area contributed by atoms with Gasteiger partial charge in [-0.3, -0.25) is 0 Å². The van der Waals surface area contributed by atoms with E-state index in [0.717, 1.165) is 0 Å². The summed E-state index contributed by atoms with van der Waals surface area (Å²) in [6.45, 7) is 2.98. The molecule has 0 saturated carbocycles. The third-order valence-corrected chi connectivity index (χ3v) is 2.25. The van der Waals surface area contributed by atoms with Gasteiger partial charge in [0.15, 0.2) is 0 Å². The lowest BCUT2D eigenvalue weighted by atomic mass is 10.2. The summed E-state index contributed by atoms with van der Waals surface area (Å²) >= 11 is 0. The van der Waals surface area contributed by atoms with Crippen LogP contribution in [0, 0.1) is 5.82 Å². The van der Waals surface area contributed by atoms with E-state index in [9.17, 15) is 4.39 Å². The van der Waals surface area contributed by atoms with Gasteiger partial charge in [-0.15, -0.1) is 0 Å². The van der Waals surface area contributed by atoms with Crippen molar-refractivity contribution in [3.63, 3.8) is 0 Å². The third-order valence-electron chi connectivity index (χ3n) is 2.25. The molecule has 84 valence electrons. The first kappa shape index (κ1) is 11.9. The lowest BCUT2D eigenvalue weighted by Crippen LogP contribution is -2.32. The van der Waals surface area contributed by atoms with Crippen molar-refractivity contribution in [3.8, 4) is 5.75 Å². The molecule has 0 radical (unpaired) electrons. The van der Waals surface area contributed by atoms with Crippen LogP contribution in [0.15, 0.2) is 18.2 Å². The lowest BCUT2D eigenvalue weighted by Gasteiger charge is -2.12. The Morgan fingerprint density at radius 3 is 2.80 bits per heavy atom. The Labute approximate surface area is 89.4 Å². The number of rotatable bonds is 5. The molecule has 0 aromatic heterocycles. The molecule has 0 aliphatic rings. The van der Waals surface area contributed by atoms with Gasteiger partial charge in [0.2, 0.25) is 0 Å². The topological polar surface area (TPSA) is 47.3 Å². The van der Waals surface area contributed by atoms with Gasteiger partial charge in [0.1, 0.15) is 11.6 Å². The van der Waals surface area contributed by atoms with Crippen LogP contribution in [0.3, 0.4) is 0 Å². The molecule has 1 rings (SSSR count). The molecule has 0 saturated heterocycles. The first-order valence-corrected chi connectivity index (χ1v) is 4.93. The Hall–Kier alpha value is -1.13. The fourth-order valence-electron chi connectivity index (χ4n) is 1.17. The normalized spacial score (nSPS) is 12.5. The highest BCUT2D eigenvalue weighted by atomic mass is 19.1. The number of methoxy groups -OCH3 is 1. The van der Waals surface area contributed by atoms with Crippen LogP contribution in [0.4, 0.5) is 4.39 Å². The van der Waals surface area contributed by atoms with E-state index in [0.29, 0.717) is 24.4 Å². The van der Waals surface area contributed by atoms with E-state index < -0.39 is 0 Å². The van der Waals surface area contributed by atoms with Crippen molar-refractivity contribution in [2.24, 2.45) is 5.73 Å². The Balaban J connectivity index is 2.62. The van der Waals surface area contributed by atoms with E-state index in [1.807, 2.05) is 6.92 Å². The zero-order valence-corrected chi connectivity index (χ0v) is 9.09. The molecule has 1 aromatic carbocycles. The van der Waals surface area contributed by atoms with E-state index >= 15 is 0 Å². The minimum Gasteiger partial charge on any atom is -0.497 e. The summed E-state index contributed by atoms with van der Waals surface area (Å²) in [4.78, 5) is 0. The third kappa shape index (κ3) is 3.49. The Morgan fingerprint density at radius 2 is 2.27 bits per heavy atom. The predicted molar refractivity (Wildman–Crippen MR) is 58.3 cm³/mol. The summed E-state index contributed by atoms with van der Waals surface area (Å²) in [5, 5.41) is 3.12. The molecule has 3 N–H and O–H groups in total. The molecule has 0 spiro atoms. The smallest absolute Gasteiger partial charge is 0.131 e. The van der Waals surface area contributed by atoms with Crippen LogP contribution in [-0.4, -0.2) is 19.7 Å². The average molecular weight is 212 g/mol. The minimum absolute atomic E-state index is 0.187. The summed E-state index contributed by atoms with van der Waals surface area (Å²) in [5.41, 5.74) is 6.07. The van der Waals surface area contributed by atoms with Crippen molar-refractivity contribution < 1.29 is 9.13 Å². The van der Waals surface area contributed by atoms with Crippen LogP contribution in [0.1, 0.15) is 12.5 Å². The minimum atomic E-state index is -0.258. The fourth-order valence-corrected chi connectivity index (χ4v) is 1.17. The summed E-state index contributed by atoms with van der Waals surface area (Å²) in [6.07, 6.45) is 0. The summed E-state index contributed by atoms with van der Waals surface area (Å²) in [6, 6.07) is 5.02. The van der Waals surface area contributed by atoms with Gasteiger partial charge in [0.05, 0.1) is 7.11 Å². The maximum absolute atomic E-state index is 13.4. The molecule has 0 bridgehead atoms. The first-order valence-electron chi connectivity index (χ1n) is 4.93. The quantitative estimate of drug-likeness (QED) is 0.772. The number of ether oxygens (including phenoxy) is 1. The molecule has 0 aliphatic carbocycles. The molecule has 0 fully saturated rings. The van der Waals surface area contributed by atoms with Crippen LogP contribution in [-0.2, 0) is 6.54 Å². The second-order valence-corrected chi connectivity index (χ2v) is 3.47. The molecule has 3 nitrogen and oxygen atoms in total. The van der Waals surface area contributed by atoms with Gasteiger partial charge in [0.25, 0.3) is 0 Å². The van der Waals surface area contributed by atoms with Crippen molar-refractivity contribution in [3.05, 3.63) is 29.6 Å². The van der Waals surface area contributed by atoms with E-state index in [4.69, 9.17) is 10.5 Å². The average Bonchev–Trinajstić information content (AvgIpc) is 2.26. The van der Waals surface area contributed by atoms with E-state index in [-0.39, 0.29) is 11.9 Å². The van der Waals surface area contributed by atoms with Crippen LogP contribution in [0.2, 0.25) is 0 Å². The second kappa shape index (κ2) is 5.68. The maximum Gasteiger partial charge on any atom is 0.131 e.